The molecule has 0 unspecified atom stereocenters. The first-order valence-electron chi connectivity index (χ1n) is 8.92. The van der Waals surface area contributed by atoms with Gasteiger partial charge in [0.2, 0.25) is 5.91 Å². The molecule has 1 saturated carbocycles. The number of carboxylic acid groups (broad SMARTS) is 1. The molecule has 1 N–H and O–H groups in total. The van der Waals surface area contributed by atoms with Crippen molar-refractivity contribution in [3.05, 3.63) is 59.9 Å². The van der Waals surface area contributed by atoms with Crippen molar-refractivity contribution in [1.82, 2.24) is 0 Å². The van der Waals surface area contributed by atoms with Crippen LogP contribution in [0.3, 0.4) is 0 Å². The summed E-state index contributed by atoms with van der Waals surface area (Å²) in [5, 5.41) is 8.66. The van der Waals surface area contributed by atoms with Gasteiger partial charge in [-0.05, 0) is 43.2 Å². The van der Waals surface area contributed by atoms with Gasteiger partial charge < -0.3 is 14.7 Å². The van der Waals surface area contributed by atoms with Crippen LogP contribution >= 0.6 is 0 Å². The largest absolute Gasteiger partial charge is 0.482 e. The molecule has 6 heteroatoms. The summed E-state index contributed by atoms with van der Waals surface area (Å²) in [6.07, 6.45) is 3.01. The van der Waals surface area contributed by atoms with Crippen molar-refractivity contribution < 1.29 is 23.8 Å². The molecule has 1 aliphatic rings. The molecule has 0 spiro atoms. The van der Waals surface area contributed by atoms with E-state index in [9.17, 15) is 14.0 Å². The van der Waals surface area contributed by atoms with E-state index in [-0.39, 0.29) is 11.7 Å². The summed E-state index contributed by atoms with van der Waals surface area (Å²) in [7, 11) is 1.68. The van der Waals surface area contributed by atoms with Gasteiger partial charge in [0.25, 0.3) is 0 Å². The van der Waals surface area contributed by atoms with Crippen LogP contribution in [0.25, 0.3) is 0 Å². The molecular formula is C21H22FNO4. The SMILES string of the molecule is CN(C(=O)C1(c2ccccc2F)CCCC1)c1ccc(OCC(=O)O)cc1. The van der Waals surface area contributed by atoms with Gasteiger partial charge in [0.15, 0.2) is 6.61 Å². The minimum atomic E-state index is -1.06. The highest BCUT2D eigenvalue weighted by atomic mass is 19.1. The topological polar surface area (TPSA) is 66.8 Å². The number of likely N-dealkylation sites (N-methyl/N-ethyl adjacent to an activating group) is 1. The van der Waals surface area contributed by atoms with E-state index < -0.39 is 18.0 Å². The average molecular weight is 371 g/mol. The Balaban J connectivity index is 1.84. The van der Waals surface area contributed by atoms with E-state index in [0.717, 1.165) is 12.8 Å². The number of nitrogens with zero attached hydrogens (tertiary/aromatic N) is 1. The Hall–Kier alpha value is -2.89. The normalized spacial score (nSPS) is 15.3. The second kappa shape index (κ2) is 7.78. The standard InChI is InChI=1S/C21H22FNO4/c1-23(15-8-10-16(11-9-15)27-14-19(24)25)20(26)21(12-4-5-13-21)17-6-2-3-7-18(17)22/h2-3,6-11H,4-5,12-14H2,1H3,(H,24,25). The molecule has 2 aromatic rings. The summed E-state index contributed by atoms with van der Waals surface area (Å²) in [5.74, 6) is -1.13. The number of ether oxygens (including phenoxy) is 1. The van der Waals surface area contributed by atoms with Crippen LogP contribution in [0.2, 0.25) is 0 Å². The third-order valence-electron chi connectivity index (χ3n) is 5.15. The van der Waals surface area contributed by atoms with E-state index in [1.807, 2.05) is 0 Å². The number of carboxylic acids is 1. The maximum absolute atomic E-state index is 14.5. The van der Waals surface area contributed by atoms with Gasteiger partial charge in [0.05, 0.1) is 5.41 Å². The molecule has 0 radical (unpaired) electrons. The molecule has 142 valence electrons. The number of hydrogen-bond acceptors (Lipinski definition) is 3. The van der Waals surface area contributed by atoms with Gasteiger partial charge in [0, 0.05) is 18.3 Å². The third kappa shape index (κ3) is 3.79. The maximum atomic E-state index is 14.5. The molecule has 0 saturated heterocycles. The molecule has 1 fully saturated rings. The lowest BCUT2D eigenvalue weighted by Gasteiger charge is -2.33. The molecule has 3 rings (SSSR count). The van der Waals surface area contributed by atoms with Gasteiger partial charge in [-0.15, -0.1) is 0 Å². The molecule has 1 amide bonds. The molecule has 0 aromatic heterocycles. The first kappa shape index (κ1) is 18.9. The number of carbonyl (C=O) groups is 2. The zero-order chi connectivity index (χ0) is 19.4. The fraction of sp³-hybridized carbons (Fsp3) is 0.333. The molecule has 0 bridgehead atoms. The molecule has 2 aromatic carbocycles. The number of rotatable bonds is 6. The van der Waals surface area contributed by atoms with Crippen molar-refractivity contribution in [2.45, 2.75) is 31.1 Å². The predicted molar refractivity (Wildman–Crippen MR) is 99.5 cm³/mol. The lowest BCUT2D eigenvalue weighted by molar-refractivity contribution is -0.139. The van der Waals surface area contributed by atoms with Crippen LogP contribution < -0.4 is 9.64 Å². The highest BCUT2D eigenvalue weighted by molar-refractivity contribution is 6.01. The Labute approximate surface area is 157 Å². The van der Waals surface area contributed by atoms with Crippen molar-refractivity contribution in [3.63, 3.8) is 0 Å². The highest BCUT2D eigenvalue weighted by Crippen LogP contribution is 2.44. The van der Waals surface area contributed by atoms with Gasteiger partial charge in [-0.2, -0.15) is 0 Å². The van der Waals surface area contributed by atoms with Crippen molar-refractivity contribution in [1.29, 1.82) is 0 Å². The lowest BCUT2D eigenvalue weighted by Crippen LogP contribution is -2.44. The van der Waals surface area contributed by atoms with E-state index in [0.29, 0.717) is 29.8 Å². The summed E-state index contributed by atoms with van der Waals surface area (Å²) < 4.78 is 19.6. The lowest BCUT2D eigenvalue weighted by atomic mass is 9.77. The Bertz CT molecular complexity index is 828. The van der Waals surface area contributed by atoms with Gasteiger partial charge in [-0.25, -0.2) is 9.18 Å². The molecule has 0 aliphatic heterocycles. The van der Waals surface area contributed by atoms with Crippen molar-refractivity contribution >= 4 is 17.6 Å². The van der Waals surface area contributed by atoms with E-state index >= 15 is 0 Å². The highest BCUT2D eigenvalue weighted by Gasteiger charge is 2.46. The van der Waals surface area contributed by atoms with Crippen LogP contribution in [0.1, 0.15) is 31.2 Å². The quantitative estimate of drug-likeness (QED) is 0.840. The maximum Gasteiger partial charge on any atom is 0.341 e. The Morgan fingerprint density at radius 1 is 1.11 bits per heavy atom. The van der Waals surface area contributed by atoms with Crippen LogP contribution in [0.5, 0.6) is 5.75 Å². The van der Waals surface area contributed by atoms with Crippen molar-refractivity contribution in [2.75, 3.05) is 18.6 Å². The number of aliphatic carboxylic acids is 1. The van der Waals surface area contributed by atoms with Crippen molar-refractivity contribution in [2.24, 2.45) is 0 Å². The first-order chi connectivity index (χ1) is 12.9. The minimum absolute atomic E-state index is 0.135. The van der Waals surface area contributed by atoms with Gasteiger partial charge in [-0.1, -0.05) is 31.0 Å². The fourth-order valence-corrected chi connectivity index (χ4v) is 3.78. The number of halogens is 1. The van der Waals surface area contributed by atoms with Crippen LogP contribution in [-0.2, 0) is 15.0 Å². The van der Waals surface area contributed by atoms with Gasteiger partial charge in [-0.3, -0.25) is 4.79 Å². The number of hydrogen-bond donors (Lipinski definition) is 1. The molecule has 0 heterocycles. The zero-order valence-corrected chi connectivity index (χ0v) is 15.2. The monoisotopic (exact) mass is 371 g/mol. The molecule has 5 nitrogen and oxygen atoms in total. The number of amides is 1. The number of anilines is 1. The van der Waals surface area contributed by atoms with Gasteiger partial charge >= 0.3 is 5.97 Å². The second-order valence-electron chi connectivity index (χ2n) is 6.81. The summed E-state index contributed by atoms with van der Waals surface area (Å²) in [6, 6.07) is 13.1. The van der Waals surface area contributed by atoms with Crippen LogP contribution in [0.15, 0.2) is 48.5 Å². The van der Waals surface area contributed by atoms with E-state index in [4.69, 9.17) is 9.84 Å². The van der Waals surface area contributed by atoms with E-state index in [1.165, 1.54) is 6.07 Å². The molecule has 0 atom stereocenters. The van der Waals surface area contributed by atoms with Gasteiger partial charge in [0.1, 0.15) is 11.6 Å². The zero-order valence-electron chi connectivity index (χ0n) is 15.2. The minimum Gasteiger partial charge on any atom is -0.482 e. The number of carbonyl (C=O) groups excluding carboxylic acids is 1. The average Bonchev–Trinajstić information content (AvgIpc) is 3.17. The summed E-state index contributed by atoms with van der Waals surface area (Å²) in [6.45, 7) is -0.426. The smallest absolute Gasteiger partial charge is 0.341 e. The first-order valence-corrected chi connectivity index (χ1v) is 8.92. The molecule has 27 heavy (non-hydrogen) atoms. The van der Waals surface area contributed by atoms with E-state index in [2.05, 4.69) is 0 Å². The predicted octanol–water partition coefficient (Wildman–Crippen LogP) is 3.76. The summed E-state index contributed by atoms with van der Waals surface area (Å²) >= 11 is 0. The summed E-state index contributed by atoms with van der Waals surface area (Å²) in [4.78, 5) is 25.5. The van der Waals surface area contributed by atoms with Crippen molar-refractivity contribution in [3.8, 4) is 5.75 Å². The Morgan fingerprint density at radius 3 is 2.33 bits per heavy atom. The summed E-state index contributed by atoms with van der Waals surface area (Å²) in [5.41, 5.74) is 0.254. The van der Waals surface area contributed by atoms with E-state index in [1.54, 1.807) is 54.4 Å². The molecular weight excluding hydrogens is 349 g/mol. The van der Waals surface area contributed by atoms with Crippen LogP contribution in [0, 0.1) is 5.82 Å². The Morgan fingerprint density at radius 2 is 1.74 bits per heavy atom. The van der Waals surface area contributed by atoms with Crippen LogP contribution in [-0.4, -0.2) is 30.6 Å². The fourth-order valence-electron chi connectivity index (χ4n) is 3.78. The number of benzene rings is 2. The Kier molecular flexibility index (Phi) is 5.44. The third-order valence-corrected chi connectivity index (χ3v) is 5.15. The van der Waals surface area contributed by atoms with Crippen LogP contribution in [0.4, 0.5) is 10.1 Å². The second-order valence-corrected chi connectivity index (χ2v) is 6.81. The molecule has 1 aliphatic carbocycles.